The van der Waals surface area contributed by atoms with Gasteiger partial charge in [-0.25, -0.2) is 0 Å². The zero-order chi connectivity index (χ0) is 13.3. The molecule has 0 saturated heterocycles. The first kappa shape index (κ1) is 14.1. The minimum absolute atomic E-state index is 0.487. The number of aryl methyl sites for hydroxylation is 2. The molecule has 2 rings (SSSR count). The Bertz CT molecular complexity index is 552. The SMILES string of the molecule is CCn1nc(C)c(Cl)c1CC(O)c1cc(Br)cs1. The van der Waals surface area contributed by atoms with Crippen molar-refractivity contribution in [2.24, 2.45) is 0 Å². The normalized spacial score (nSPS) is 12.9. The molecular formula is C12H14BrClN2OS. The molecule has 18 heavy (non-hydrogen) atoms. The monoisotopic (exact) mass is 348 g/mol. The van der Waals surface area contributed by atoms with Gasteiger partial charge in [0.2, 0.25) is 0 Å². The number of thiophene rings is 1. The molecule has 0 aliphatic heterocycles. The number of hydrogen-bond donors (Lipinski definition) is 1. The maximum absolute atomic E-state index is 10.2. The maximum Gasteiger partial charge on any atom is 0.0938 e. The van der Waals surface area contributed by atoms with Gasteiger partial charge in [-0.1, -0.05) is 11.6 Å². The van der Waals surface area contributed by atoms with Gasteiger partial charge in [0, 0.05) is 27.7 Å². The first-order valence-electron chi connectivity index (χ1n) is 5.66. The van der Waals surface area contributed by atoms with Crippen LogP contribution in [-0.2, 0) is 13.0 Å². The van der Waals surface area contributed by atoms with Crippen molar-refractivity contribution in [3.8, 4) is 0 Å². The summed E-state index contributed by atoms with van der Waals surface area (Å²) in [6, 6.07) is 1.93. The fraction of sp³-hybridized carbons (Fsp3) is 0.417. The van der Waals surface area contributed by atoms with Crippen LogP contribution < -0.4 is 0 Å². The predicted octanol–water partition coefficient (Wildman–Crippen LogP) is 3.96. The zero-order valence-corrected chi connectivity index (χ0v) is 13.3. The molecular weight excluding hydrogens is 336 g/mol. The van der Waals surface area contributed by atoms with Crippen LogP contribution in [0.1, 0.15) is 29.3 Å². The molecule has 2 aromatic heterocycles. The van der Waals surface area contributed by atoms with Crippen molar-refractivity contribution in [2.75, 3.05) is 0 Å². The summed E-state index contributed by atoms with van der Waals surface area (Å²) in [5.41, 5.74) is 1.71. The van der Waals surface area contributed by atoms with Gasteiger partial charge in [0.1, 0.15) is 0 Å². The van der Waals surface area contributed by atoms with Crippen LogP contribution in [0.3, 0.4) is 0 Å². The third kappa shape index (κ3) is 2.79. The summed E-state index contributed by atoms with van der Waals surface area (Å²) >= 11 is 11.2. The van der Waals surface area contributed by atoms with Crippen molar-refractivity contribution in [3.63, 3.8) is 0 Å². The van der Waals surface area contributed by atoms with Gasteiger partial charge in [-0.05, 0) is 35.8 Å². The lowest BCUT2D eigenvalue weighted by Crippen LogP contribution is -2.08. The molecule has 0 radical (unpaired) electrons. The van der Waals surface area contributed by atoms with Gasteiger partial charge in [-0.2, -0.15) is 5.10 Å². The summed E-state index contributed by atoms with van der Waals surface area (Å²) in [7, 11) is 0. The lowest BCUT2D eigenvalue weighted by Gasteiger charge is -2.10. The number of aliphatic hydroxyl groups excluding tert-OH is 1. The third-order valence-corrected chi connectivity index (χ3v) is 5.04. The molecule has 1 unspecified atom stereocenters. The summed E-state index contributed by atoms with van der Waals surface area (Å²) in [5, 5.41) is 17.2. The minimum atomic E-state index is -0.541. The van der Waals surface area contributed by atoms with E-state index in [1.54, 1.807) is 0 Å². The van der Waals surface area contributed by atoms with E-state index in [0.29, 0.717) is 11.4 Å². The fourth-order valence-corrected chi connectivity index (χ4v) is 3.49. The molecule has 98 valence electrons. The lowest BCUT2D eigenvalue weighted by atomic mass is 10.1. The molecule has 0 aliphatic carbocycles. The van der Waals surface area contributed by atoms with Crippen LogP contribution in [0.25, 0.3) is 0 Å². The molecule has 0 spiro atoms. The van der Waals surface area contributed by atoms with Gasteiger partial charge in [-0.15, -0.1) is 11.3 Å². The molecule has 0 amide bonds. The first-order valence-corrected chi connectivity index (χ1v) is 7.71. The van der Waals surface area contributed by atoms with Crippen LogP contribution >= 0.6 is 38.9 Å². The van der Waals surface area contributed by atoms with Crippen LogP contribution in [-0.4, -0.2) is 14.9 Å². The Kier molecular flexibility index (Phi) is 4.48. The fourth-order valence-electron chi connectivity index (χ4n) is 1.85. The van der Waals surface area contributed by atoms with Gasteiger partial charge >= 0.3 is 0 Å². The van der Waals surface area contributed by atoms with Crippen molar-refractivity contribution < 1.29 is 5.11 Å². The Morgan fingerprint density at radius 3 is 2.89 bits per heavy atom. The first-order chi connectivity index (χ1) is 8.52. The lowest BCUT2D eigenvalue weighted by molar-refractivity contribution is 0.179. The molecule has 0 bridgehead atoms. The summed E-state index contributed by atoms with van der Waals surface area (Å²) in [5.74, 6) is 0. The van der Waals surface area contributed by atoms with E-state index in [-0.39, 0.29) is 0 Å². The molecule has 2 aromatic rings. The van der Waals surface area contributed by atoms with Gasteiger partial charge in [0.05, 0.1) is 22.5 Å². The highest BCUT2D eigenvalue weighted by Gasteiger charge is 2.18. The summed E-state index contributed by atoms with van der Waals surface area (Å²) in [4.78, 5) is 0.930. The molecule has 0 fully saturated rings. The second kappa shape index (κ2) is 5.74. The molecule has 0 aromatic carbocycles. The van der Waals surface area contributed by atoms with Gasteiger partial charge in [0.15, 0.2) is 0 Å². The van der Waals surface area contributed by atoms with E-state index in [2.05, 4.69) is 21.0 Å². The zero-order valence-electron chi connectivity index (χ0n) is 10.2. The summed E-state index contributed by atoms with van der Waals surface area (Å²) in [6.45, 7) is 4.65. The van der Waals surface area contributed by atoms with Gasteiger partial charge in [-0.3, -0.25) is 4.68 Å². The Balaban J connectivity index is 2.23. The van der Waals surface area contributed by atoms with E-state index in [1.165, 1.54) is 11.3 Å². The number of aliphatic hydroxyl groups is 1. The number of aromatic nitrogens is 2. The van der Waals surface area contributed by atoms with Crippen LogP contribution in [0.15, 0.2) is 15.9 Å². The van der Waals surface area contributed by atoms with Gasteiger partial charge < -0.3 is 5.11 Å². The third-order valence-electron chi connectivity index (χ3n) is 2.76. The minimum Gasteiger partial charge on any atom is -0.387 e. The molecule has 2 heterocycles. The molecule has 0 aliphatic rings. The molecule has 0 saturated carbocycles. The van der Waals surface area contributed by atoms with Crippen molar-refractivity contribution >= 4 is 38.9 Å². The number of rotatable bonds is 4. The molecule has 1 N–H and O–H groups in total. The highest BCUT2D eigenvalue weighted by atomic mass is 79.9. The Morgan fingerprint density at radius 1 is 1.61 bits per heavy atom. The average molecular weight is 350 g/mol. The molecule has 1 atom stereocenters. The van der Waals surface area contributed by atoms with E-state index in [9.17, 15) is 5.11 Å². The van der Waals surface area contributed by atoms with Crippen molar-refractivity contribution in [1.29, 1.82) is 0 Å². The maximum atomic E-state index is 10.2. The summed E-state index contributed by atoms with van der Waals surface area (Å²) in [6.07, 6.45) is -0.0549. The Morgan fingerprint density at radius 2 is 2.33 bits per heavy atom. The van der Waals surface area contributed by atoms with Crippen molar-refractivity contribution in [1.82, 2.24) is 9.78 Å². The number of halogens is 2. The van der Waals surface area contributed by atoms with E-state index < -0.39 is 6.10 Å². The summed E-state index contributed by atoms with van der Waals surface area (Å²) < 4.78 is 2.84. The Hall–Kier alpha value is -0.360. The predicted molar refractivity (Wildman–Crippen MR) is 78.3 cm³/mol. The average Bonchev–Trinajstić information content (AvgIpc) is 2.88. The largest absolute Gasteiger partial charge is 0.387 e. The highest BCUT2D eigenvalue weighted by molar-refractivity contribution is 9.10. The van der Waals surface area contributed by atoms with E-state index in [4.69, 9.17) is 11.6 Å². The number of hydrogen-bond acceptors (Lipinski definition) is 3. The smallest absolute Gasteiger partial charge is 0.0938 e. The van der Waals surface area contributed by atoms with Crippen LogP contribution in [0.5, 0.6) is 0 Å². The van der Waals surface area contributed by atoms with E-state index in [1.807, 2.05) is 30.0 Å². The highest BCUT2D eigenvalue weighted by Crippen LogP contribution is 2.30. The van der Waals surface area contributed by atoms with Gasteiger partial charge in [0.25, 0.3) is 0 Å². The van der Waals surface area contributed by atoms with Crippen molar-refractivity contribution in [3.05, 3.63) is 37.2 Å². The van der Waals surface area contributed by atoms with E-state index in [0.717, 1.165) is 27.3 Å². The second-order valence-corrected chi connectivity index (χ2v) is 6.29. The molecule has 6 heteroatoms. The van der Waals surface area contributed by atoms with Crippen LogP contribution in [0.2, 0.25) is 5.02 Å². The quantitative estimate of drug-likeness (QED) is 0.907. The standard InChI is InChI=1S/C12H14BrClN2OS/c1-3-16-9(12(14)7(2)15-16)5-10(17)11-4-8(13)6-18-11/h4,6,10,17H,3,5H2,1-2H3. The van der Waals surface area contributed by atoms with Crippen LogP contribution in [0, 0.1) is 6.92 Å². The Labute approximate surface area is 124 Å². The number of nitrogens with zero attached hydrogens (tertiary/aromatic N) is 2. The van der Waals surface area contributed by atoms with Crippen LogP contribution in [0.4, 0.5) is 0 Å². The van der Waals surface area contributed by atoms with E-state index >= 15 is 0 Å². The topological polar surface area (TPSA) is 38.0 Å². The second-order valence-electron chi connectivity index (χ2n) is 4.05. The van der Waals surface area contributed by atoms with Crippen molar-refractivity contribution in [2.45, 2.75) is 32.9 Å². The molecule has 3 nitrogen and oxygen atoms in total.